The summed E-state index contributed by atoms with van der Waals surface area (Å²) >= 11 is 5.78. The summed E-state index contributed by atoms with van der Waals surface area (Å²) in [6.07, 6.45) is 1.93. The molecule has 0 spiro atoms. The molecule has 0 unspecified atom stereocenters. The Labute approximate surface area is 220 Å². The van der Waals surface area contributed by atoms with E-state index < -0.39 is 15.9 Å². The number of carbonyl (C=O) groups is 1. The molecule has 14 heteroatoms. The molecule has 1 aromatic heterocycles. The van der Waals surface area contributed by atoms with E-state index in [9.17, 15) is 13.2 Å². The summed E-state index contributed by atoms with van der Waals surface area (Å²) in [6, 6.07) is 10.9. The van der Waals surface area contributed by atoms with E-state index >= 15 is 0 Å². The van der Waals surface area contributed by atoms with Crippen molar-refractivity contribution in [3.63, 3.8) is 0 Å². The van der Waals surface area contributed by atoms with Crippen LogP contribution in [0.2, 0.25) is 5.15 Å². The third-order valence-corrected chi connectivity index (χ3v) is 7.20. The van der Waals surface area contributed by atoms with E-state index in [1.165, 1.54) is 0 Å². The van der Waals surface area contributed by atoms with Crippen molar-refractivity contribution in [2.24, 2.45) is 10.7 Å². The zero-order valence-electron chi connectivity index (χ0n) is 20.5. The molecule has 0 aliphatic heterocycles. The van der Waals surface area contributed by atoms with Crippen LogP contribution in [0.4, 0.5) is 17.3 Å². The van der Waals surface area contributed by atoms with Crippen LogP contribution < -0.4 is 32.1 Å². The lowest BCUT2D eigenvalue weighted by molar-refractivity contribution is 0.0972. The summed E-state index contributed by atoms with van der Waals surface area (Å²) in [5.74, 6) is -1.10. The van der Waals surface area contributed by atoms with Crippen molar-refractivity contribution in [2.45, 2.75) is 24.2 Å². The molecule has 198 valence electrons. The molecular weight excluding hydrogens is 518 g/mol. The van der Waals surface area contributed by atoms with Crippen molar-refractivity contribution in [3.8, 4) is 0 Å². The predicted octanol–water partition coefficient (Wildman–Crippen LogP) is 1.71. The minimum atomic E-state index is -3.69. The maximum Gasteiger partial charge on any atom is 0.280 e. The van der Waals surface area contributed by atoms with E-state index in [-0.39, 0.29) is 39.9 Å². The highest BCUT2D eigenvalue weighted by Crippen LogP contribution is 2.30. The van der Waals surface area contributed by atoms with Gasteiger partial charge in [0, 0.05) is 43.6 Å². The average Bonchev–Trinajstić information content (AvgIpc) is 2.84. The molecule has 1 heterocycles. The third-order valence-electron chi connectivity index (χ3n) is 5.40. The van der Waals surface area contributed by atoms with Crippen LogP contribution >= 0.6 is 11.6 Å². The normalized spacial score (nSPS) is 12.0. The lowest BCUT2D eigenvalue weighted by Crippen LogP contribution is -2.38. The van der Waals surface area contributed by atoms with E-state index in [1.54, 1.807) is 18.2 Å². The fourth-order valence-electron chi connectivity index (χ4n) is 3.61. The van der Waals surface area contributed by atoms with Gasteiger partial charge < -0.3 is 22.1 Å². The summed E-state index contributed by atoms with van der Waals surface area (Å²) in [6.45, 7) is 0.608. The summed E-state index contributed by atoms with van der Waals surface area (Å²) in [5, 5.41) is 3.75. The number of anilines is 3. The van der Waals surface area contributed by atoms with E-state index in [0.717, 1.165) is 11.1 Å². The average molecular weight is 548 g/mol. The van der Waals surface area contributed by atoms with Gasteiger partial charge in [0.15, 0.2) is 28.4 Å². The van der Waals surface area contributed by atoms with Crippen LogP contribution in [-0.4, -0.2) is 57.4 Å². The van der Waals surface area contributed by atoms with E-state index in [1.807, 2.05) is 37.2 Å². The Morgan fingerprint density at radius 3 is 2.46 bits per heavy atom. The van der Waals surface area contributed by atoms with Gasteiger partial charge in [-0.1, -0.05) is 42.3 Å². The molecule has 8 N–H and O–H groups in total. The summed E-state index contributed by atoms with van der Waals surface area (Å²) < 4.78 is 28.6. The lowest BCUT2D eigenvalue weighted by atomic mass is 10.1. The molecule has 0 saturated carbocycles. The van der Waals surface area contributed by atoms with Crippen LogP contribution in [-0.2, 0) is 10.0 Å². The SMILES string of the molecule is CN(C)c1cccc2c(S(=O)(=O)NCCCCCN=C(N)NC(=O)c3nc(Cl)c(N)nc3N)cccc12. The monoisotopic (exact) mass is 547 g/mol. The Kier molecular flexibility index (Phi) is 9.08. The number of carbonyl (C=O) groups excluding carboxylic acids is 1. The molecule has 2 aromatic carbocycles. The van der Waals surface area contributed by atoms with Crippen molar-refractivity contribution in [2.75, 3.05) is 43.6 Å². The number of nitrogens with zero attached hydrogens (tertiary/aromatic N) is 4. The minimum absolute atomic E-state index is 0.0878. The Bertz CT molecular complexity index is 1430. The van der Waals surface area contributed by atoms with Gasteiger partial charge in [-0.25, -0.2) is 23.1 Å². The summed E-state index contributed by atoms with van der Waals surface area (Å²) in [7, 11) is 0.147. The lowest BCUT2D eigenvalue weighted by Gasteiger charge is -2.17. The first kappa shape index (κ1) is 27.9. The van der Waals surface area contributed by atoms with Gasteiger partial charge in [-0.3, -0.25) is 15.1 Å². The van der Waals surface area contributed by atoms with Crippen LogP contribution in [0.25, 0.3) is 10.8 Å². The molecular formula is C23H30ClN9O3S. The summed E-state index contributed by atoms with van der Waals surface area (Å²) in [4.78, 5) is 26.0. The molecule has 0 aliphatic rings. The predicted molar refractivity (Wildman–Crippen MR) is 147 cm³/mol. The van der Waals surface area contributed by atoms with Crippen LogP contribution in [0.5, 0.6) is 0 Å². The molecule has 0 radical (unpaired) electrons. The molecule has 0 atom stereocenters. The first-order valence-electron chi connectivity index (χ1n) is 11.4. The van der Waals surface area contributed by atoms with Crippen molar-refractivity contribution in [1.29, 1.82) is 0 Å². The van der Waals surface area contributed by atoms with Crippen LogP contribution in [0.1, 0.15) is 29.8 Å². The number of hydrogen-bond acceptors (Lipinski definition) is 9. The molecule has 3 aromatic rings. The van der Waals surface area contributed by atoms with Gasteiger partial charge >= 0.3 is 0 Å². The maximum absolute atomic E-state index is 13.0. The van der Waals surface area contributed by atoms with Crippen molar-refractivity contribution in [1.82, 2.24) is 20.0 Å². The highest BCUT2D eigenvalue weighted by molar-refractivity contribution is 7.89. The van der Waals surface area contributed by atoms with Gasteiger partial charge in [-0.15, -0.1) is 0 Å². The number of rotatable bonds is 10. The summed E-state index contributed by atoms with van der Waals surface area (Å²) in [5.41, 5.74) is 17.6. The van der Waals surface area contributed by atoms with Crippen molar-refractivity contribution >= 4 is 61.6 Å². The zero-order chi connectivity index (χ0) is 27.2. The molecule has 1 amide bonds. The topological polar surface area (TPSA) is 195 Å². The van der Waals surface area contributed by atoms with Gasteiger partial charge in [0.05, 0.1) is 4.90 Å². The molecule has 0 aliphatic carbocycles. The second kappa shape index (κ2) is 12.0. The number of aliphatic imine (C=N–C) groups is 1. The van der Waals surface area contributed by atoms with Crippen molar-refractivity contribution < 1.29 is 13.2 Å². The highest BCUT2D eigenvalue weighted by Gasteiger charge is 2.18. The van der Waals surface area contributed by atoms with E-state index in [0.29, 0.717) is 31.2 Å². The number of nitrogen functional groups attached to an aromatic ring is 2. The fraction of sp³-hybridized carbons (Fsp3) is 0.304. The molecule has 0 fully saturated rings. The number of unbranched alkanes of at least 4 members (excludes halogenated alkanes) is 2. The van der Waals surface area contributed by atoms with Gasteiger partial charge in [0.2, 0.25) is 10.0 Å². The third kappa shape index (κ3) is 6.96. The number of sulfonamides is 1. The smallest absolute Gasteiger partial charge is 0.280 e. The van der Waals surface area contributed by atoms with E-state index in [4.69, 9.17) is 28.8 Å². The number of guanidine groups is 1. The Balaban J connectivity index is 1.47. The van der Waals surface area contributed by atoms with Gasteiger partial charge in [0.1, 0.15) is 0 Å². The highest BCUT2D eigenvalue weighted by atomic mass is 35.5. The van der Waals surface area contributed by atoms with E-state index in [2.05, 4.69) is 25.0 Å². The quantitative estimate of drug-likeness (QED) is 0.142. The number of benzene rings is 2. The van der Waals surface area contributed by atoms with Crippen LogP contribution in [0.3, 0.4) is 0 Å². The first-order chi connectivity index (χ1) is 17.5. The van der Waals surface area contributed by atoms with Gasteiger partial charge in [-0.05, 0) is 25.0 Å². The molecule has 37 heavy (non-hydrogen) atoms. The molecule has 3 rings (SSSR count). The van der Waals surface area contributed by atoms with Crippen LogP contribution in [0, 0.1) is 0 Å². The fourth-order valence-corrected chi connectivity index (χ4v) is 5.03. The molecule has 0 bridgehead atoms. The number of aromatic nitrogens is 2. The Hall–Kier alpha value is -3.68. The second-order valence-corrected chi connectivity index (χ2v) is 10.4. The number of nitrogens with one attached hydrogen (secondary N) is 2. The number of halogens is 1. The molecule has 0 saturated heterocycles. The largest absolute Gasteiger partial charge is 0.382 e. The first-order valence-corrected chi connectivity index (χ1v) is 13.3. The number of hydrogen-bond donors (Lipinski definition) is 5. The van der Waals surface area contributed by atoms with Crippen LogP contribution in [0.15, 0.2) is 46.3 Å². The Morgan fingerprint density at radius 2 is 1.73 bits per heavy atom. The van der Waals surface area contributed by atoms with Gasteiger partial charge in [0.25, 0.3) is 5.91 Å². The maximum atomic E-state index is 13.0. The Morgan fingerprint density at radius 1 is 1.03 bits per heavy atom. The van der Waals surface area contributed by atoms with Crippen molar-refractivity contribution in [3.05, 3.63) is 47.2 Å². The zero-order valence-corrected chi connectivity index (χ0v) is 22.1. The number of nitrogens with two attached hydrogens (primary N) is 3. The second-order valence-electron chi connectivity index (χ2n) is 8.34. The number of amides is 1. The van der Waals surface area contributed by atoms with Gasteiger partial charge in [-0.2, -0.15) is 0 Å². The minimum Gasteiger partial charge on any atom is -0.382 e. The number of fused-ring (bicyclic) bond motifs is 1. The molecule has 12 nitrogen and oxygen atoms in total. The standard InChI is InChI=1S/C23H30ClN9O3S/c1-33(2)16-10-6-9-15-14(16)8-7-11-17(15)37(35,36)29-13-5-3-4-12-28-23(27)32-22(34)18-20(25)31-21(26)19(24)30-18/h6-11,29H,3-5,12-13H2,1-2H3,(H4,25,26,31)(H3,27,28,32,34).